The zero-order chi connectivity index (χ0) is 16.2. The molecule has 0 amide bonds. The normalized spacial score (nSPS) is 15.1. The number of nitrogens with one attached hydrogen (secondary N) is 1. The van der Waals surface area contributed by atoms with Crippen molar-refractivity contribution in [2.75, 3.05) is 11.1 Å². The van der Waals surface area contributed by atoms with Crippen molar-refractivity contribution in [3.05, 3.63) is 46.5 Å². The number of hydrogen-bond acceptors (Lipinski definition) is 5. The van der Waals surface area contributed by atoms with Crippen LogP contribution in [0.1, 0.15) is 43.7 Å². The van der Waals surface area contributed by atoms with E-state index in [1.54, 1.807) is 22.9 Å². The maximum absolute atomic E-state index is 12.4. The quantitative estimate of drug-likeness (QED) is 0.850. The Balaban J connectivity index is 1.96. The second-order valence-corrected chi connectivity index (χ2v) is 5.81. The molecule has 1 fully saturated rings. The first-order chi connectivity index (χ1) is 11.2. The Hall–Kier alpha value is -2.81. The molecule has 3 N–H and O–H groups in total. The molecule has 6 nitrogen and oxygen atoms in total. The lowest BCUT2D eigenvalue weighted by atomic mass is 9.95. The molecule has 1 aliphatic carbocycles. The van der Waals surface area contributed by atoms with Crippen LogP contribution in [0.15, 0.2) is 35.3 Å². The number of hydrogen-bond donors (Lipinski definition) is 2. The third-order valence-corrected chi connectivity index (χ3v) is 4.25. The predicted octanol–water partition coefficient (Wildman–Crippen LogP) is 2.95. The molecule has 0 unspecified atom stereocenters. The van der Waals surface area contributed by atoms with Gasteiger partial charge < -0.3 is 11.1 Å². The number of rotatable bonds is 3. The van der Waals surface area contributed by atoms with E-state index in [0.29, 0.717) is 16.9 Å². The van der Waals surface area contributed by atoms with Gasteiger partial charge in [-0.15, -0.1) is 0 Å². The molecule has 0 saturated heterocycles. The van der Waals surface area contributed by atoms with E-state index in [2.05, 4.69) is 16.4 Å². The molecule has 0 atom stereocenters. The third-order valence-electron chi connectivity index (χ3n) is 4.25. The number of aromatic nitrogens is 2. The van der Waals surface area contributed by atoms with E-state index in [1.807, 2.05) is 12.1 Å². The molecule has 23 heavy (non-hydrogen) atoms. The van der Waals surface area contributed by atoms with Crippen LogP contribution >= 0.6 is 0 Å². The smallest absolute Gasteiger partial charge is 0.349 e. The van der Waals surface area contributed by atoms with Crippen molar-refractivity contribution in [2.24, 2.45) is 0 Å². The van der Waals surface area contributed by atoms with Crippen molar-refractivity contribution in [3.8, 4) is 6.07 Å². The van der Waals surface area contributed by atoms with Gasteiger partial charge in [-0.25, -0.2) is 4.79 Å². The van der Waals surface area contributed by atoms with Gasteiger partial charge in [0.25, 0.3) is 0 Å². The minimum atomic E-state index is -0.326. The maximum atomic E-state index is 12.4. The van der Waals surface area contributed by atoms with Crippen LogP contribution in [-0.2, 0) is 0 Å². The monoisotopic (exact) mass is 309 g/mol. The number of benzene rings is 1. The van der Waals surface area contributed by atoms with Gasteiger partial charge in [-0.1, -0.05) is 31.4 Å². The summed E-state index contributed by atoms with van der Waals surface area (Å²) in [7, 11) is 0. The van der Waals surface area contributed by atoms with E-state index >= 15 is 0 Å². The molecule has 118 valence electrons. The molecule has 0 radical (unpaired) electrons. The summed E-state index contributed by atoms with van der Waals surface area (Å²) in [6.45, 7) is 0. The Morgan fingerprint density at radius 2 is 2.00 bits per heavy atom. The van der Waals surface area contributed by atoms with E-state index in [4.69, 9.17) is 5.73 Å². The van der Waals surface area contributed by atoms with Crippen LogP contribution in [0.2, 0.25) is 0 Å². The number of para-hydroxylation sites is 2. The Morgan fingerprint density at radius 3 is 2.70 bits per heavy atom. The molecule has 6 heteroatoms. The molecule has 1 aromatic heterocycles. The van der Waals surface area contributed by atoms with Crippen molar-refractivity contribution < 1.29 is 0 Å². The fraction of sp³-hybridized carbons (Fsp3) is 0.353. The first kappa shape index (κ1) is 15.1. The zero-order valence-corrected chi connectivity index (χ0v) is 12.8. The summed E-state index contributed by atoms with van der Waals surface area (Å²) in [5, 5.41) is 12.4. The summed E-state index contributed by atoms with van der Waals surface area (Å²) in [6.07, 6.45) is 6.97. The van der Waals surface area contributed by atoms with E-state index in [-0.39, 0.29) is 17.5 Å². The molecule has 2 aromatic rings. The van der Waals surface area contributed by atoms with E-state index in [9.17, 15) is 10.1 Å². The molecule has 0 aliphatic heterocycles. The maximum Gasteiger partial charge on any atom is 0.349 e. The number of nitriles is 1. The van der Waals surface area contributed by atoms with Crippen molar-refractivity contribution in [3.63, 3.8) is 0 Å². The average molecular weight is 309 g/mol. The number of nitrogens with two attached hydrogens (primary N) is 1. The highest BCUT2D eigenvalue weighted by atomic mass is 16.1. The molecular formula is C17H19N5O. The minimum absolute atomic E-state index is 0.145. The Kier molecular flexibility index (Phi) is 4.29. The molecular weight excluding hydrogens is 290 g/mol. The number of nitrogens with zero attached hydrogens (tertiary/aromatic N) is 3. The van der Waals surface area contributed by atoms with Gasteiger partial charge in [0.2, 0.25) is 0 Å². The second-order valence-electron chi connectivity index (χ2n) is 5.81. The largest absolute Gasteiger partial charge is 0.397 e. The van der Waals surface area contributed by atoms with E-state index in [0.717, 1.165) is 25.7 Å². The summed E-state index contributed by atoms with van der Waals surface area (Å²) in [5.41, 5.74) is 7.08. The van der Waals surface area contributed by atoms with Crippen LogP contribution in [-0.4, -0.2) is 9.55 Å². The average Bonchev–Trinajstić information content (AvgIpc) is 2.58. The lowest BCUT2D eigenvalue weighted by molar-refractivity contribution is 0.342. The van der Waals surface area contributed by atoms with Gasteiger partial charge in [-0.2, -0.15) is 10.2 Å². The number of anilines is 3. The Bertz CT molecular complexity index is 799. The molecule has 1 heterocycles. The third kappa shape index (κ3) is 3.19. The Morgan fingerprint density at radius 1 is 1.26 bits per heavy atom. The van der Waals surface area contributed by atoms with Gasteiger partial charge in [0.15, 0.2) is 5.82 Å². The molecule has 1 saturated carbocycles. The van der Waals surface area contributed by atoms with Crippen molar-refractivity contribution in [2.45, 2.75) is 38.1 Å². The Labute approximate surface area is 134 Å². The molecule has 1 aromatic carbocycles. The fourth-order valence-corrected chi connectivity index (χ4v) is 3.01. The molecule has 3 rings (SSSR count). The van der Waals surface area contributed by atoms with Crippen molar-refractivity contribution in [1.29, 1.82) is 5.26 Å². The van der Waals surface area contributed by atoms with Crippen molar-refractivity contribution >= 4 is 17.2 Å². The fourth-order valence-electron chi connectivity index (χ4n) is 3.01. The van der Waals surface area contributed by atoms with Gasteiger partial charge >= 0.3 is 5.69 Å². The SMILES string of the molecule is N#Cc1cn(C2CCCCC2)c(=O)nc1Nc1ccccc1N. The summed E-state index contributed by atoms with van der Waals surface area (Å²) in [4.78, 5) is 16.4. The summed E-state index contributed by atoms with van der Waals surface area (Å²) in [5.74, 6) is 0.252. The van der Waals surface area contributed by atoms with Gasteiger partial charge in [0.05, 0.1) is 11.4 Å². The first-order valence-corrected chi connectivity index (χ1v) is 7.84. The van der Waals surface area contributed by atoms with Crippen LogP contribution in [0.3, 0.4) is 0 Å². The van der Waals surface area contributed by atoms with E-state index < -0.39 is 0 Å². The van der Waals surface area contributed by atoms with Crippen LogP contribution in [0.4, 0.5) is 17.2 Å². The molecule has 0 bridgehead atoms. The van der Waals surface area contributed by atoms with Gasteiger partial charge in [-0.05, 0) is 25.0 Å². The van der Waals surface area contributed by atoms with Crippen LogP contribution in [0.5, 0.6) is 0 Å². The highest BCUT2D eigenvalue weighted by Gasteiger charge is 2.19. The van der Waals surface area contributed by atoms with Crippen LogP contribution in [0, 0.1) is 11.3 Å². The number of nitrogen functional groups attached to an aromatic ring is 1. The first-order valence-electron chi connectivity index (χ1n) is 7.84. The lowest BCUT2D eigenvalue weighted by Gasteiger charge is -2.24. The lowest BCUT2D eigenvalue weighted by Crippen LogP contribution is -2.29. The van der Waals surface area contributed by atoms with Crippen LogP contribution in [0.25, 0.3) is 0 Å². The highest BCUT2D eigenvalue weighted by Crippen LogP contribution is 2.28. The minimum Gasteiger partial charge on any atom is -0.397 e. The van der Waals surface area contributed by atoms with Gasteiger partial charge in [0.1, 0.15) is 11.6 Å². The summed E-state index contributed by atoms with van der Waals surface area (Å²) >= 11 is 0. The predicted molar refractivity (Wildman–Crippen MR) is 89.5 cm³/mol. The van der Waals surface area contributed by atoms with Crippen molar-refractivity contribution in [1.82, 2.24) is 9.55 Å². The highest BCUT2D eigenvalue weighted by molar-refractivity contribution is 5.72. The van der Waals surface area contributed by atoms with Gasteiger partial charge in [0, 0.05) is 12.2 Å². The molecule has 1 aliphatic rings. The standard InChI is InChI=1S/C17H19N5O/c18-10-12-11-22(13-6-2-1-3-7-13)17(23)21-16(12)20-15-9-5-4-8-14(15)19/h4-5,8-9,11,13H,1-3,6-7,19H2,(H,20,21,23). The second kappa shape index (κ2) is 6.53. The van der Waals surface area contributed by atoms with E-state index in [1.165, 1.54) is 6.42 Å². The zero-order valence-electron chi connectivity index (χ0n) is 12.8. The molecule has 0 spiro atoms. The van der Waals surface area contributed by atoms with Gasteiger partial charge in [-0.3, -0.25) is 4.57 Å². The van der Waals surface area contributed by atoms with Crippen LogP contribution < -0.4 is 16.7 Å². The summed E-state index contributed by atoms with van der Waals surface area (Å²) in [6, 6.07) is 9.44. The summed E-state index contributed by atoms with van der Waals surface area (Å²) < 4.78 is 1.61. The topological polar surface area (TPSA) is 96.7 Å².